The van der Waals surface area contributed by atoms with Crippen LogP contribution in [0.15, 0.2) is 29.4 Å². The second-order valence-corrected chi connectivity index (χ2v) is 4.63. The summed E-state index contributed by atoms with van der Waals surface area (Å²) in [6.45, 7) is 2.75. The van der Waals surface area contributed by atoms with Gasteiger partial charge in [0.25, 0.3) is 0 Å². The summed E-state index contributed by atoms with van der Waals surface area (Å²) in [4.78, 5) is 11.5. The van der Waals surface area contributed by atoms with Crippen LogP contribution in [0.5, 0.6) is 0 Å². The van der Waals surface area contributed by atoms with Gasteiger partial charge < -0.3 is 5.32 Å². The van der Waals surface area contributed by atoms with Gasteiger partial charge in [0.15, 0.2) is 0 Å². The quantitative estimate of drug-likeness (QED) is 0.913. The highest BCUT2D eigenvalue weighted by molar-refractivity contribution is 6.30. The minimum Gasteiger partial charge on any atom is -0.313 e. The molecule has 0 spiro atoms. The van der Waals surface area contributed by atoms with Crippen LogP contribution in [-0.2, 0) is 4.79 Å². The van der Waals surface area contributed by atoms with E-state index in [-0.39, 0.29) is 5.91 Å². The van der Waals surface area contributed by atoms with Gasteiger partial charge in [-0.15, -0.1) is 0 Å². The molecule has 0 saturated heterocycles. The van der Waals surface area contributed by atoms with Crippen molar-refractivity contribution >= 4 is 29.0 Å². The van der Waals surface area contributed by atoms with Gasteiger partial charge in [-0.2, -0.15) is 5.10 Å². The van der Waals surface area contributed by atoms with Crippen LogP contribution in [0.4, 0.5) is 5.69 Å². The zero-order valence-corrected chi connectivity index (χ0v) is 11.1. The maximum absolute atomic E-state index is 11.5. The van der Waals surface area contributed by atoms with E-state index in [9.17, 15) is 4.79 Å². The third-order valence-electron chi connectivity index (χ3n) is 2.67. The first-order chi connectivity index (χ1) is 8.69. The Balaban J connectivity index is 2.01. The van der Waals surface area contributed by atoms with E-state index in [0.717, 1.165) is 30.9 Å². The SMILES string of the molecule is CCCC(=O)NC1=NN(c2cccc(Cl)c2)CC1. The van der Waals surface area contributed by atoms with Crippen LogP contribution in [0, 0.1) is 0 Å². The molecule has 2 rings (SSSR count). The predicted molar refractivity (Wildman–Crippen MR) is 73.9 cm³/mol. The minimum atomic E-state index is 0.0317. The number of benzene rings is 1. The Labute approximate surface area is 112 Å². The fourth-order valence-electron chi connectivity index (χ4n) is 1.82. The maximum Gasteiger partial charge on any atom is 0.225 e. The molecule has 18 heavy (non-hydrogen) atoms. The van der Waals surface area contributed by atoms with Crippen molar-refractivity contribution in [3.05, 3.63) is 29.3 Å². The number of hydrogen-bond donors (Lipinski definition) is 1. The largest absolute Gasteiger partial charge is 0.313 e. The number of hydrogen-bond acceptors (Lipinski definition) is 3. The molecule has 0 radical (unpaired) electrons. The van der Waals surface area contributed by atoms with Gasteiger partial charge in [0, 0.05) is 24.4 Å². The van der Waals surface area contributed by atoms with Crippen LogP contribution < -0.4 is 10.3 Å². The van der Waals surface area contributed by atoms with E-state index in [4.69, 9.17) is 11.6 Å². The number of rotatable bonds is 3. The average Bonchev–Trinajstić information content (AvgIpc) is 2.78. The molecule has 0 fully saturated rings. The average molecular weight is 266 g/mol. The van der Waals surface area contributed by atoms with Gasteiger partial charge in [-0.25, -0.2) is 0 Å². The number of anilines is 1. The van der Waals surface area contributed by atoms with Crippen molar-refractivity contribution in [2.24, 2.45) is 5.10 Å². The lowest BCUT2D eigenvalue weighted by Crippen LogP contribution is -2.28. The molecule has 0 aromatic heterocycles. The topological polar surface area (TPSA) is 44.7 Å². The molecule has 5 heteroatoms. The number of carbonyl (C=O) groups is 1. The van der Waals surface area contributed by atoms with E-state index >= 15 is 0 Å². The van der Waals surface area contributed by atoms with E-state index in [1.807, 2.05) is 36.2 Å². The van der Waals surface area contributed by atoms with Crippen LogP contribution in [0.3, 0.4) is 0 Å². The smallest absolute Gasteiger partial charge is 0.225 e. The standard InChI is InChI=1S/C13H16ClN3O/c1-2-4-13(18)15-12-7-8-17(16-12)11-6-3-5-10(14)9-11/h3,5-6,9H,2,4,7-8H2,1H3,(H,15,16,18). The van der Waals surface area contributed by atoms with E-state index in [1.165, 1.54) is 0 Å². The molecule has 1 aliphatic heterocycles. The van der Waals surface area contributed by atoms with Crippen molar-refractivity contribution in [2.75, 3.05) is 11.6 Å². The van der Waals surface area contributed by atoms with Crippen molar-refractivity contribution in [1.29, 1.82) is 0 Å². The lowest BCUT2D eigenvalue weighted by atomic mass is 10.3. The molecule has 1 aromatic rings. The van der Waals surface area contributed by atoms with Crippen LogP contribution in [0.1, 0.15) is 26.2 Å². The Morgan fingerprint density at radius 3 is 3.11 bits per heavy atom. The molecule has 1 amide bonds. The number of carbonyl (C=O) groups excluding carboxylic acids is 1. The number of nitrogens with zero attached hydrogens (tertiary/aromatic N) is 2. The molecule has 1 heterocycles. The number of hydrazone groups is 1. The van der Waals surface area contributed by atoms with Gasteiger partial charge in [0.2, 0.25) is 5.91 Å². The van der Waals surface area contributed by atoms with Gasteiger partial charge in [-0.3, -0.25) is 9.80 Å². The number of amides is 1. The first-order valence-corrected chi connectivity index (χ1v) is 6.47. The molecular weight excluding hydrogens is 250 g/mol. The summed E-state index contributed by atoms with van der Waals surface area (Å²) >= 11 is 5.94. The minimum absolute atomic E-state index is 0.0317. The molecule has 0 saturated carbocycles. The Hall–Kier alpha value is -1.55. The molecule has 96 valence electrons. The molecule has 1 N–H and O–H groups in total. The predicted octanol–water partition coefficient (Wildman–Crippen LogP) is 2.78. The van der Waals surface area contributed by atoms with Crippen LogP contribution in [0.25, 0.3) is 0 Å². The lowest BCUT2D eigenvalue weighted by molar-refractivity contribution is -0.119. The van der Waals surface area contributed by atoms with Crippen LogP contribution in [-0.4, -0.2) is 18.3 Å². The summed E-state index contributed by atoms with van der Waals surface area (Å²) in [6, 6.07) is 7.53. The molecule has 0 atom stereocenters. The molecule has 1 aromatic carbocycles. The summed E-state index contributed by atoms with van der Waals surface area (Å²) < 4.78 is 0. The van der Waals surface area contributed by atoms with Crippen molar-refractivity contribution in [3.63, 3.8) is 0 Å². The second kappa shape index (κ2) is 5.87. The lowest BCUT2D eigenvalue weighted by Gasteiger charge is -2.12. The molecule has 0 bridgehead atoms. The van der Waals surface area contributed by atoms with Crippen molar-refractivity contribution < 1.29 is 4.79 Å². The Morgan fingerprint density at radius 2 is 2.39 bits per heavy atom. The molecule has 4 nitrogen and oxygen atoms in total. The molecule has 1 aliphatic rings. The Kier molecular flexibility index (Phi) is 4.20. The Morgan fingerprint density at radius 1 is 1.56 bits per heavy atom. The normalized spacial score (nSPS) is 14.6. The van der Waals surface area contributed by atoms with Crippen molar-refractivity contribution in [2.45, 2.75) is 26.2 Å². The summed E-state index contributed by atoms with van der Waals surface area (Å²) in [5.74, 6) is 0.762. The number of halogens is 1. The summed E-state index contributed by atoms with van der Waals surface area (Å²) in [5, 5.41) is 9.75. The summed E-state index contributed by atoms with van der Waals surface area (Å²) in [7, 11) is 0. The zero-order chi connectivity index (χ0) is 13.0. The van der Waals surface area contributed by atoms with Crippen LogP contribution >= 0.6 is 11.6 Å². The van der Waals surface area contributed by atoms with Crippen LogP contribution in [0.2, 0.25) is 5.02 Å². The highest BCUT2D eigenvalue weighted by Gasteiger charge is 2.17. The second-order valence-electron chi connectivity index (χ2n) is 4.20. The fourth-order valence-corrected chi connectivity index (χ4v) is 2.00. The fraction of sp³-hybridized carbons (Fsp3) is 0.385. The van der Waals surface area contributed by atoms with Gasteiger partial charge in [0.05, 0.1) is 5.69 Å². The number of amidine groups is 1. The van der Waals surface area contributed by atoms with Gasteiger partial charge >= 0.3 is 0 Å². The number of nitrogens with one attached hydrogen (secondary N) is 1. The first kappa shape index (κ1) is 12.9. The van der Waals surface area contributed by atoms with E-state index in [0.29, 0.717) is 11.4 Å². The van der Waals surface area contributed by atoms with Crippen molar-refractivity contribution in [3.8, 4) is 0 Å². The van der Waals surface area contributed by atoms with Gasteiger partial charge in [-0.05, 0) is 24.6 Å². The monoisotopic (exact) mass is 265 g/mol. The van der Waals surface area contributed by atoms with E-state index < -0.39 is 0 Å². The summed E-state index contributed by atoms with van der Waals surface area (Å²) in [5.41, 5.74) is 0.947. The van der Waals surface area contributed by atoms with E-state index in [1.54, 1.807) is 0 Å². The van der Waals surface area contributed by atoms with Crippen molar-refractivity contribution in [1.82, 2.24) is 5.32 Å². The van der Waals surface area contributed by atoms with E-state index in [2.05, 4.69) is 10.4 Å². The highest BCUT2D eigenvalue weighted by atomic mass is 35.5. The highest BCUT2D eigenvalue weighted by Crippen LogP contribution is 2.22. The third-order valence-corrected chi connectivity index (χ3v) is 2.90. The third kappa shape index (κ3) is 3.23. The first-order valence-electron chi connectivity index (χ1n) is 6.09. The maximum atomic E-state index is 11.5. The summed E-state index contributed by atoms with van der Waals surface area (Å²) in [6.07, 6.45) is 2.13. The Bertz CT molecular complexity index is 473. The molecular formula is C13H16ClN3O. The molecule has 0 unspecified atom stereocenters. The molecule has 0 aliphatic carbocycles. The van der Waals surface area contributed by atoms with Gasteiger partial charge in [0.1, 0.15) is 5.84 Å². The zero-order valence-electron chi connectivity index (χ0n) is 10.3. The van der Waals surface area contributed by atoms with Gasteiger partial charge in [-0.1, -0.05) is 24.6 Å².